The number of carbonyl (C=O) groups excluding carboxylic acids is 2. The summed E-state index contributed by atoms with van der Waals surface area (Å²) in [6.07, 6.45) is 1.98. The molecule has 1 saturated heterocycles. The lowest BCUT2D eigenvalue weighted by Crippen LogP contribution is -2.40. The Balaban J connectivity index is 2.61. The van der Waals surface area contributed by atoms with Gasteiger partial charge in [0.2, 0.25) is 0 Å². The summed E-state index contributed by atoms with van der Waals surface area (Å²) in [6, 6.07) is 0. The van der Waals surface area contributed by atoms with E-state index in [1.165, 1.54) is 13.0 Å². The molecule has 0 amide bonds. The highest BCUT2D eigenvalue weighted by Gasteiger charge is 2.36. The van der Waals surface area contributed by atoms with Crippen LogP contribution in [0.25, 0.3) is 0 Å². The van der Waals surface area contributed by atoms with E-state index in [-0.39, 0.29) is 30.6 Å². The molecule has 1 aliphatic rings. The molecule has 0 radical (unpaired) electrons. The lowest BCUT2D eigenvalue weighted by atomic mass is 9.96. The normalized spacial score (nSPS) is 22.9. The van der Waals surface area contributed by atoms with Gasteiger partial charge in [-0.1, -0.05) is 12.7 Å². The van der Waals surface area contributed by atoms with Crippen LogP contribution in [0.3, 0.4) is 0 Å². The number of carboxylic acids is 1. The van der Waals surface area contributed by atoms with E-state index in [2.05, 4.69) is 6.58 Å². The fourth-order valence-electron chi connectivity index (χ4n) is 1.66. The SMILES string of the molecule is C=C(CC=C(C)C(=O)OC1(C)CCOC(=O)C1)C(=O)O. The number of carboxylic acid groups (broad SMARTS) is 1. The molecule has 6 heteroatoms. The molecule has 1 heterocycles. The van der Waals surface area contributed by atoms with E-state index in [0.717, 1.165) is 0 Å². The van der Waals surface area contributed by atoms with Crippen LogP contribution in [0.5, 0.6) is 0 Å². The van der Waals surface area contributed by atoms with Crippen LogP contribution in [0.4, 0.5) is 0 Å². The number of allylic oxidation sites excluding steroid dienone is 1. The van der Waals surface area contributed by atoms with Crippen molar-refractivity contribution in [3.05, 3.63) is 23.8 Å². The second-order valence-electron chi connectivity index (χ2n) is 4.99. The Hall–Kier alpha value is -2.11. The van der Waals surface area contributed by atoms with Crippen LogP contribution >= 0.6 is 0 Å². The zero-order valence-corrected chi connectivity index (χ0v) is 11.6. The average molecular weight is 282 g/mol. The van der Waals surface area contributed by atoms with Crippen LogP contribution < -0.4 is 0 Å². The molecule has 0 aromatic heterocycles. The smallest absolute Gasteiger partial charge is 0.333 e. The Labute approximate surface area is 117 Å². The monoisotopic (exact) mass is 282 g/mol. The molecule has 1 atom stereocenters. The van der Waals surface area contributed by atoms with Gasteiger partial charge in [-0.25, -0.2) is 9.59 Å². The number of aliphatic carboxylic acids is 1. The van der Waals surface area contributed by atoms with Crippen molar-refractivity contribution in [3.63, 3.8) is 0 Å². The Bertz CT molecular complexity index is 476. The van der Waals surface area contributed by atoms with E-state index in [1.54, 1.807) is 6.92 Å². The largest absolute Gasteiger partial charge is 0.478 e. The lowest BCUT2D eigenvalue weighted by Gasteiger charge is -2.32. The molecule has 0 aromatic rings. The van der Waals surface area contributed by atoms with Crippen molar-refractivity contribution < 1.29 is 29.0 Å². The maximum Gasteiger partial charge on any atom is 0.333 e. The molecule has 0 bridgehead atoms. The minimum Gasteiger partial charge on any atom is -0.478 e. The van der Waals surface area contributed by atoms with E-state index in [4.69, 9.17) is 14.6 Å². The molecule has 1 aliphatic heterocycles. The van der Waals surface area contributed by atoms with Gasteiger partial charge in [-0.3, -0.25) is 4.79 Å². The van der Waals surface area contributed by atoms with E-state index >= 15 is 0 Å². The zero-order valence-electron chi connectivity index (χ0n) is 11.6. The first-order valence-electron chi connectivity index (χ1n) is 6.20. The Kier molecular flexibility index (Phi) is 5.07. The van der Waals surface area contributed by atoms with Gasteiger partial charge in [-0.05, 0) is 20.3 Å². The third-order valence-corrected chi connectivity index (χ3v) is 3.03. The standard InChI is InChI=1S/C14H18O6/c1-9(12(16)17)4-5-10(2)13(18)20-14(3)6-7-19-11(15)8-14/h5H,1,4,6-8H2,2-3H3,(H,16,17). The molecule has 0 spiro atoms. The Morgan fingerprint density at radius 3 is 2.75 bits per heavy atom. The number of ether oxygens (including phenoxy) is 2. The molecule has 1 rings (SSSR count). The number of hydrogen-bond donors (Lipinski definition) is 1. The summed E-state index contributed by atoms with van der Waals surface area (Å²) in [6.45, 7) is 6.80. The molecule has 20 heavy (non-hydrogen) atoms. The molecule has 0 aromatic carbocycles. The first-order valence-corrected chi connectivity index (χ1v) is 6.20. The second kappa shape index (κ2) is 6.36. The van der Waals surface area contributed by atoms with Gasteiger partial charge < -0.3 is 14.6 Å². The summed E-state index contributed by atoms with van der Waals surface area (Å²) in [5.41, 5.74) is -0.595. The lowest BCUT2D eigenvalue weighted by molar-refractivity contribution is -0.172. The Morgan fingerprint density at radius 2 is 2.20 bits per heavy atom. The van der Waals surface area contributed by atoms with Crippen molar-refractivity contribution in [2.24, 2.45) is 0 Å². The van der Waals surface area contributed by atoms with Gasteiger partial charge in [0, 0.05) is 17.6 Å². The predicted molar refractivity (Wildman–Crippen MR) is 69.8 cm³/mol. The fraction of sp³-hybridized carbons (Fsp3) is 0.500. The van der Waals surface area contributed by atoms with Gasteiger partial charge >= 0.3 is 17.9 Å². The fourth-order valence-corrected chi connectivity index (χ4v) is 1.66. The summed E-state index contributed by atoms with van der Waals surface area (Å²) in [5.74, 6) is -2.07. The Morgan fingerprint density at radius 1 is 1.55 bits per heavy atom. The van der Waals surface area contributed by atoms with Crippen molar-refractivity contribution in [3.8, 4) is 0 Å². The summed E-state index contributed by atoms with van der Waals surface area (Å²) in [4.78, 5) is 33.7. The quantitative estimate of drug-likeness (QED) is 0.608. The molecule has 1 unspecified atom stereocenters. The molecule has 1 N–H and O–H groups in total. The highest BCUT2D eigenvalue weighted by atomic mass is 16.6. The minimum atomic E-state index is -1.11. The average Bonchev–Trinajstić information content (AvgIpc) is 2.34. The number of hydrogen-bond acceptors (Lipinski definition) is 5. The van der Waals surface area contributed by atoms with E-state index in [0.29, 0.717) is 6.42 Å². The van der Waals surface area contributed by atoms with Crippen molar-refractivity contribution in [1.82, 2.24) is 0 Å². The van der Waals surface area contributed by atoms with Crippen LogP contribution in [0.1, 0.15) is 33.1 Å². The van der Waals surface area contributed by atoms with E-state index in [9.17, 15) is 14.4 Å². The third kappa shape index (κ3) is 4.53. The van der Waals surface area contributed by atoms with Crippen LogP contribution in [-0.2, 0) is 23.9 Å². The topological polar surface area (TPSA) is 89.9 Å². The van der Waals surface area contributed by atoms with Crippen molar-refractivity contribution in [2.75, 3.05) is 6.61 Å². The molecule has 1 fully saturated rings. The highest BCUT2D eigenvalue weighted by Crippen LogP contribution is 2.26. The van der Waals surface area contributed by atoms with E-state index < -0.39 is 23.5 Å². The summed E-state index contributed by atoms with van der Waals surface area (Å²) >= 11 is 0. The van der Waals surface area contributed by atoms with Crippen molar-refractivity contribution >= 4 is 17.9 Å². The third-order valence-electron chi connectivity index (χ3n) is 3.03. The second-order valence-corrected chi connectivity index (χ2v) is 4.99. The molecular weight excluding hydrogens is 264 g/mol. The highest BCUT2D eigenvalue weighted by molar-refractivity contribution is 5.90. The predicted octanol–water partition coefficient (Wildman–Crippen LogP) is 1.60. The first-order chi connectivity index (χ1) is 9.23. The maximum atomic E-state index is 11.9. The van der Waals surface area contributed by atoms with Gasteiger partial charge in [0.25, 0.3) is 0 Å². The minimum absolute atomic E-state index is 0.00962. The number of carbonyl (C=O) groups is 3. The summed E-state index contributed by atoms with van der Waals surface area (Å²) in [5, 5.41) is 8.67. The van der Waals surface area contributed by atoms with Crippen LogP contribution in [0.15, 0.2) is 23.8 Å². The van der Waals surface area contributed by atoms with Crippen molar-refractivity contribution in [2.45, 2.75) is 38.7 Å². The molecule has 0 saturated carbocycles. The maximum absolute atomic E-state index is 11.9. The van der Waals surface area contributed by atoms with Crippen LogP contribution in [-0.4, -0.2) is 35.2 Å². The first kappa shape index (κ1) is 15.9. The van der Waals surface area contributed by atoms with Gasteiger partial charge in [-0.2, -0.15) is 0 Å². The number of cyclic esters (lactones) is 1. The van der Waals surface area contributed by atoms with Gasteiger partial charge in [0.1, 0.15) is 5.60 Å². The molecule has 6 nitrogen and oxygen atoms in total. The van der Waals surface area contributed by atoms with Gasteiger partial charge in [0.05, 0.1) is 13.0 Å². The van der Waals surface area contributed by atoms with Crippen LogP contribution in [0.2, 0.25) is 0 Å². The molecule has 110 valence electrons. The van der Waals surface area contributed by atoms with Crippen LogP contribution in [0, 0.1) is 0 Å². The molecular formula is C14H18O6. The van der Waals surface area contributed by atoms with Gasteiger partial charge in [0.15, 0.2) is 0 Å². The number of rotatable bonds is 5. The van der Waals surface area contributed by atoms with Crippen molar-refractivity contribution in [1.29, 1.82) is 0 Å². The zero-order chi connectivity index (χ0) is 15.3. The summed E-state index contributed by atoms with van der Waals surface area (Å²) in [7, 11) is 0. The summed E-state index contributed by atoms with van der Waals surface area (Å²) < 4.78 is 10.1. The van der Waals surface area contributed by atoms with Gasteiger partial charge in [-0.15, -0.1) is 0 Å². The molecule has 0 aliphatic carbocycles. The van der Waals surface area contributed by atoms with E-state index in [1.807, 2.05) is 0 Å². The number of esters is 2.